The maximum absolute atomic E-state index is 12.9. The first-order chi connectivity index (χ1) is 13.4. The Balaban J connectivity index is 1.71. The largest absolute Gasteiger partial charge is 0.339 e. The highest BCUT2D eigenvalue weighted by molar-refractivity contribution is 7.89. The van der Waals surface area contributed by atoms with Crippen LogP contribution in [0.4, 0.5) is 5.69 Å². The lowest BCUT2D eigenvalue weighted by Gasteiger charge is -2.31. The molecule has 1 atom stereocenters. The van der Waals surface area contributed by atoms with Gasteiger partial charge < -0.3 is 10.2 Å². The normalized spacial score (nSPS) is 21.3. The molecule has 2 amide bonds. The summed E-state index contributed by atoms with van der Waals surface area (Å²) in [6, 6.07) is 7.06. The SMILES string of the molecule is CCS(=O)(=O)N1CCC[C@H](C(=O)Nc2ccccc2C(=O)N2CCCCC2)C1. The lowest BCUT2D eigenvalue weighted by Crippen LogP contribution is -2.44. The van der Waals surface area contributed by atoms with Gasteiger partial charge in [-0.05, 0) is 51.2 Å². The third kappa shape index (κ3) is 4.72. The van der Waals surface area contributed by atoms with Gasteiger partial charge in [0, 0.05) is 26.2 Å². The fourth-order valence-corrected chi connectivity index (χ4v) is 5.05. The van der Waals surface area contributed by atoms with Gasteiger partial charge >= 0.3 is 0 Å². The third-order valence-electron chi connectivity index (χ3n) is 5.57. The van der Waals surface area contributed by atoms with Gasteiger partial charge in [0.05, 0.1) is 22.9 Å². The zero-order valence-corrected chi connectivity index (χ0v) is 17.2. The number of likely N-dealkylation sites (tertiary alicyclic amines) is 1. The number of sulfonamides is 1. The zero-order chi connectivity index (χ0) is 20.1. The summed E-state index contributed by atoms with van der Waals surface area (Å²) in [5, 5.41) is 2.88. The molecule has 2 fully saturated rings. The van der Waals surface area contributed by atoms with Crippen molar-refractivity contribution < 1.29 is 18.0 Å². The Kier molecular flexibility index (Phi) is 6.72. The van der Waals surface area contributed by atoms with Crippen LogP contribution in [-0.4, -0.2) is 61.4 Å². The van der Waals surface area contributed by atoms with Crippen LogP contribution < -0.4 is 5.32 Å². The number of nitrogens with one attached hydrogen (secondary N) is 1. The number of piperidine rings is 2. The maximum Gasteiger partial charge on any atom is 0.255 e. The molecule has 7 nitrogen and oxygen atoms in total. The molecule has 2 heterocycles. The molecule has 0 aromatic heterocycles. The molecular formula is C20H29N3O4S. The summed E-state index contributed by atoms with van der Waals surface area (Å²) in [6.45, 7) is 3.76. The van der Waals surface area contributed by atoms with Crippen molar-refractivity contribution in [2.24, 2.45) is 5.92 Å². The van der Waals surface area contributed by atoms with E-state index in [0.29, 0.717) is 30.6 Å². The molecule has 2 saturated heterocycles. The summed E-state index contributed by atoms with van der Waals surface area (Å²) in [6.07, 6.45) is 4.45. The van der Waals surface area contributed by atoms with E-state index in [0.717, 1.165) is 32.4 Å². The number of hydrogen-bond acceptors (Lipinski definition) is 4. The van der Waals surface area contributed by atoms with Crippen molar-refractivity contribution in [1.82, 2.24) is 9.21 Å². The van der Waals surface area contributed by atoms with Crippen LogP contribution in [0.2, 0.25) is 0 Å². The topological polar surface area (TPSA) is 86.8 Å². The Bertz CT molecular complexity index is 818. The molecule has 0 unspecified atom stereocenters. The third-order valence-corrected chi connectivity index (χ3v) is 7.42. The van der Waals surface area contributed by atoms with Crippen molar-refractivity contribution in [1.29, 1.82) is 0 Å². The zero-order valence-electron chi connectivity index (χ0n) is 16.4. The molecule has 1 N–H and O–H groups in total. The highest BCUT2D eigenvalue weighted by Gasteiger charge is 2.32. The first-order valence-electron chi connectivity index (χ1n) is 10.1. The van der Waals surface area contributed by atoms with Crippen molar-refractivity contribution in [3.05, 3.63) is 29.8 Å². The van der Waals surface area contributed by atoms with Crippen LogP contribution in [0, 0.1) is 5.92 Å². The fourth-order valence-electron chi connectivity index (χ4n) is 3.87. The highest BCUT2D eigenvalue weighted by Crippen LogP contribution is 2.24. The Hall–Kier alpha value is -1.93. The second-order valence-electron chi connectivity index (χ2n) is 7.49. The summed E-state index contributed by atoms with van der Waals surface area (Å²) in [5.74, 6) is -0.660. The van der Waals surface area contributed by atoms with E-state index < -0.39 is 15.9 Å². The molecule has 3 rings (SSSR count). The van der Waals surface area contributed by atoms with Gasteiger partial charge in [0.15, 0.2) is 0 Å². The van der Waals surface area contributed by atoms with E-state index in [9.17, 15) is 18.0 Å². The average Bonchev–Trinajstić information content (AvgIpc) is 2.74. The molecule has 28 heavy (non-hydrogen) atoms. The quantitative estimate of drug-likeness (QED) is 0.811. The van der Waals surface area contributed by atoms with E-state index in [4.69, 9.17) is 0 Å². The number of nitrogens with zero attached hydrogens (tertiary/aromatic N) is 2. The highest BCUT2D eigenvalue weighted by atomic mass is 32.2. The number of amides is 2. The maximum atomic E-state index is 12.9. The summed E-state index contributed by atoms with van der Waals surface area (Å²) in [5.41, 5.74) is 0.991. The van der Waals surface area contributed by atoms with E-state index >= 15 is 0 Å². The van der Waals surface area contributed by atoms with E-state index in [1.165, 1.54) is 4.31 Å². The number of benzene rings is 1. The Morgan fingerprint density at radius 2 is 1.79 bits per heavy atom. The molecule has 0 saturated carbocycles. The summed E-state index contributed by atoms with van der Waals surface area (Å²) in [7, 11) is -3.30. The standard InChI is InChI=1S/C20H29N3O4S/c1-2-28(26,27)23-14-8-9-16(15-23)19(24)21-18-11-5-4-10-17(18)20(25)22-12-6-3-7-13-22/h4-5,10-11,16H,2-3,6-9,12-15H2,1H3,(H,21,24)/t16-/m0/s1. The Morgan fingerprint density at radius 1 is 1.07 bits per heavy atom. The molecule has 2 aliphatic heterocycles. The van der Waals surface area contributed by atoms with Gasteiger partial charge in [0.2, 0.25) is 15.9 Å². The molecule has 154 valence electrons. The second kappa shape index (κ2) is 9.05. The van der Waals surface area contributed by atoms with Crippen LogP contribution in [0.5, 0.6) is 0 Å². The summed E-state index contributed by atoms with van der Waals surface area (Å²) >= 11 is 0. The van der Waals surface area contributed by atoms with E-state index in [-0.39, 0.29) is 24.1 Å². The van der Waals surface area contributed by atoms with Crippen molar-refractivity contribution >= 4 is 27.5 Å². The van der Waals surface area contributed by atoms with Crippen LogP contribution in [0.25, 0.3) is 0 Å². The fraction of sp³-hybridized carbons (Fsp3) is 0.600. The van der Waals surface area contributed by atoms with Gasteiger partial charge in [0.25, 0.3) is 5.91 Å². The van der Waals surface area contributed by atoms with Gasteiger partial charge in [-0.1, -0.05) is 12.1 Å². The monoisotopic (exact) mass is 407 g/mol. The smallest absolute Gasteiger partial charge is 0.255 e. The molecular weight excluding hydrogens is 378 g/mol. The van der Waals surface area contributed by atoms with E-state index in [2.05, 4.69) is 5.32 Å². The van der Waals surface area contributed by atoms with Crippen molar-refractivity contribution in [2.45, 2.75) is 39.0 Å². The predicted molar refractivity (Wildman–Crippen MR) is 109 cm³/mol. The molecule has 0 radical (unpaired) electrons. The van der Waals surface area contributed by atoms with E-state index in [1.807, 2.05) is 4.90 Å². The average molecular weight is 408 g/mol. The lowest BCUT2D eigenvalue weighted by atomic mass is 9.98. The minimum absolute atomic E-state index is 0.0362. The number of hydrogen-bond donors (Lipinski definition) is 1. The predicted octanol–water partition coefficient (Wildman–Crippen LogP) is 2.31. The molecule has 2 aliphatic rings. The number of carbonyl (C=O) groups is 2. The Labute approximate surface area is 167 Å². The molecule has 8 heteroatoms. The van der Waals surface area contributed by atoms with Gasteiger partial charge in [-0.15, -0.1) is 0 Å². The lowest BCUT2D eigenvalue weighted by molar-refractivity contribution is -0.120. The molecule has 1 aromatic rings. The minimum atomic E-state index is -3.30. The van der Waals surface area contributed by atoms with Crippen LogP contribution in [0.15, 0.2) is 24.3 Å². The van der Waals surface area contributed by atoms with Gasteiger partial charge in [-0.25, -0.2) is 12.7 Å². The van der Waals surface area contributed by atoms with Crippen molar-refractivity contribution in [3.8, 4) is 0 Å². The molecule has 0 spiro atoms. The Morgan fingerprint density at radius 3 is 2.50 bits per heavy atom. The van der Waals surface area contributed by atoms with Crippen LogP contribution in [0.1, 0.15) is 49.4 Å². The summed E-state index contributed by atoms with van der Waals surface area (Å²) < 4.78 is 25.7. The minimum Gasteiger partial charge on any atom is -0.339 e. The second-order valence-corrected chi connectivity index (χ2v) is 9.74. The van der Waals surface area contributed by atoms with Crippen LogP contribution in [-0.2, 0) is 14.8 Å². The molecule has 0 aliphatic carbocycles. The van der Waals surface area contributed by atoms with Gasteiger partial charge in [-0.2, -0.15) is 0 Å². The van der Waals surface area contributed by atoms with Crippen molar-refractivity contribution in [2.75, 3.05) is 37.2 Å². The summed E-state index contributed by atoms with van der Waals surface area (Å²) in [4.78, 5) is 27.5. The number of anilines is 1. The van der Waals surface area contributed by atoms with E-state index in [1.54, 1.807) is 31.2 Å². The molecule has 1 aromatic carbocycles. The number of para-hydroxylation sites is 1. The van der Waals surface area contributed by atoms with Crippen LogP contribution in [0.3, 0.4) is 0 Å². The van der Waals surface area contributed by atoms with Crippen LogP contribution >= 0.6 is 0 Å². The van der Waals surface area contributed by atoms with Crippen molar-refractivity contribution in [3.63, 3.8) is 0 Å². The van der Waals surface area contributed by atoms with Gasteiger partial charge in [0.1, 0.15) is 0 Å². The number of carbonyl (C=O) groups excluding carboxylic acids is 2. The molecule has 0 bridgehead atoms. The first-order valence-corrected chi connectivity index (χ1v) is 11.7. The number of rotatable bonds is 5. The van der Waals surface area contributed by atoms with Gasteiger partial charge in [-0.3, -0.25) is 9.59 Å². The first kappa shape index (κ1) is 20.8.